The van der Waals surface area contributed by atoms with E-state index in [0.717, 1.165) is 33.4 Å². The van der Waals surface area contributed by atoms with E-state index >= 15 is 0 Å². The molecule has 6 heteroatoms. The maximum Gasteiger partial charge on any atom is 2.00 e. The molecular weight excluding hydrogens is 784 g/mol. The summed E-state index contributed by atoms with van der Waals surface area (Å²) in [6, 6.07) is 56.3. The summed E-state index contributed by atoms with van der Waals surface area (Å²) in [5, 5.41) is 20.4. The molecule has 0 radical (unpaired) electrons. The first-order valence-corrected chi connectivity index (χ1v) is 20.0. The third-order valence-electron chi connectivity index (χ3n) is 11.6. The minimum absolute atomic E-state index is 0. The Kier molecular flexibility index (Phi) is 15.9. The van der Waals surface area contributed by atoms with Crippen LogP contribution >= 0.6 is 0 Å². The molecule has 0 atom stereocenters. The molecular formula is C53H49ClO4Ti. The molecule has 0 amide bonds. The van der Waals surface area contributed by atoms with Crippen LogP contribution in [0.2, 0.25) is 0 Å². The second kappa shape index (κ2) is 21.0. The number of fused-ring (bicyclic) bond motifs is 1. The van der Waals surface area contributed by atoms with Gasteiger partial charge in [-0.2, -0.15) is 5.57 Å². The van der Waals surface area contributed by atoms with Gasteiger partial charge in [0.05, 0.1) is 0 Å². The van der Waals surface area contributed by atoms with Crippen molar-refractivity contribution in [1.29, 1.82) is 0 Å². The molecule has 0 saturated carbocycles. The van der Waals surface area contributed by atoms with Crippen molar-refractivity contribution in [3.05, 3.63) is 244 Å². The molecule has 3 aliphatic rings. The van der Waals surface area contributed by atoms with Crippen LogP contribution in [0.4, 0.5) is 0 Å². The number of aliphatic carboxylic acids is 2. The van der Waals surface area contributed by atoms with Gasteiger partial charge in [0.2, 0.25) is 0 Å². The molecule has 2 N–H and O–H groups in total. The molecule has 0 heterocycles. The number of benzene rings is 6. The van der Waals surface area contributed by atoms with Gasteiger partial charge in [-0.05, 0) is 59.1 Å². The number of allylic oxidation sites excluding steroid dienone is 4. The van der Waals surface area contributed by atoms with Gasteiger partial charge < -0.3 is 22.6 Å². The summed E-state index contributed by atoms with van der Waals surface area (Å²) in [5.74, 6) is -1.76. The van der Waals surface area contributed by atoms with Crippen molar-refractivity contribution < 1.29 is 53.9 Å². The van der Waals surface area contributed by atoms with Crippen LogP contribution in [0.5, 0.6) is 0 Å². The Balaban J connectivity index is 0.000000170. The first-order chi connectivity index (χ1) is 28.0. The zero-order valence-corrected chi connectivity index (χ0v) is 35.5. The quantitative estimate of drug-likeness (QED) is 0.0912. The second-order valence-corrected chi connectivity index (χ2v) is 14.9. The van der Waals surface area contributed by atoms with E-state index in [1.165, 1.54) is 51.4 Å². The van der Waals surface area contributed by atoms with E-state index in [2.05, 4.69) is 6.42 Å². The van der Waals surface area contributed by atoms with Gasteiger partial charge in [0, 0.05) is 0 Å². The molecule has 296 valence electrons. The van der Waals surface area contributed by atoms with E-state index in [9.17, 15) is 19.8 Å². The van der Waals surface area contributed by atoms with E-state index in [-0.39, 0.29) is 34.1 Å². The molecule has 4 nitrogen and oxygen atoms in total. The van der Waals surface area contributed by atoms with E-state index in [1.54, 1.807) is 22.3 Å². The second-order valence-electron chi connectivity index (χ2n) is 14.9. The summed E-state index contributed by atoms with van der Waals surface area (Å²) in [7, 11) is 0. The van der Waals surface area contributed by atoms with Crippen molar-refractivity contribution in [2.75, 3.05) is 0 Å². The first-order valence-electron chi connectivity index (χ1n) is 20.0. The fourth-order valence-corrected chi connectivity index (χ4v) is 8.99. The van der Waals surface area contributed by atoms with Crippen molar-refractivity contribution >= 4 is 11.9 Å². The van der Waals surface area contributed by atoms with Gasteiger partial charge in [0.25, 0.3) is 0 Å². The zero-order chi connectivity index (χ0) is 39.5. The number of carbonyl (C=O) groups is 2. The minimum atomic E-state index is -1.20. The fraction of sp³-hybridized carbons (Fsp3) is 0.189. The maximum absolute atomic E-state index is 12.4. The summed E-state index contributed by atoms with van der Waals surface area (Å²) < 4.78 is 0. The van der Waals surface area contributed by atoms with E-state index in [4.69, 9.17) is 0 Å². The average molecular weight is 833 g/mol. The van der Waals surface area contributed by atoms with Crippen molar-refractivity contribution in [3.8, 4) is 0 Å². The Labute approximate surface area is 370 Å². The number of carboxylic acids is 2. The molecule has 0 fully saturated rings. The maximum atomic E-state index is 12.4. The van der Waals surface area contributed by atoms with Crippen LogP contribution in [0.3, 0.4) is 0 Å². The molecule has 3 aliphatic carbocycles. The van der Waals surface area contributed by atoms with Crippen LogP contribution in [-0.2, 0) is 42.1 Å². The summed E-state index contributed by atoms with van der Waals surface area (Å²) in [4.78, 5) is 24.8. The Morgan fingerprint density at radius 2 is 0.712 bits per heavy atom. The summed E-state index contributed by atoms with van der Waals surface area (Å²) in [6.07, 6.45) is 13.6. The van der Waals surface area contributed by atoms with Crippen LogP contribution in [0.25, 0.3) is 0 Å². The zero-order valence-electron chi connectivity index (χ0n) is 33.1. The van der Waals surface area contributed by atoms with Gasteiger partial charge in [-0.15, -0.1) is 12.0 Å². The molecule has 6 aromatic rings. The van der Waals surface area contributed by atoms with Crippen molar-refractivity contribution in [2.24, 2.45) is 0 Å². The van der Waals surface area contributed by atoms with Crippen LogP contribution < -0.4 is 12.4 Å². The Hall–Kier alpha value is -5.39. The Morgan fingerprint density at radius 1 is 0.424 bits per heavy atom. The first kappa shape index (κ1) is 44.7. The molecule has 0 spiro atoms. The van der Waals surface area contributed by atoms with Gasteiger partial charge in [-0.3, -0.25) is 9.59 Å². The minimum Gasteiger partial charge on any atom is -1.00 e. The number of hydrogen-bond acceptors (Lipinski definition) is 2. The number of halogens is 1. The van der Waals surface area contributed by atoms with Crippen LogP contribution in [0, 0.1) is 6.42 Å². The van der Waals surface area contributed by atoms with Crippen molar-refractivity contribution in [3.63, 3.8) is 0 Å². The van der Waals surface area contributed by atoms with Gasteiger partial charge in [0.1, 0.15) is 10.8 Å². The molecule has 0 saturated heterocycles. The molecule has 6 aromatic carbocycles. The van der Waals surface area contributed by atoms with E-state index in [1.807, 2.05) is 182 Å². The SMILES string of the molecule is O=C(O)C(c1ccccc1)(c1ccccc1)c1ccccc1.O=C(O)C(c1ccccc1)(c1ccccc1)c1ccccc1.[CH-]1CCCC2=C1CC1=C2CCCC1.[Cl-].[Ti+2]. The van der Waals surface area contributed by atoms with Gasteiger partial charge in [-0.25, -0.2) is 12.0 Å². The van der Waals surface area contributed by atoms with Gasteiger partial charge >= 0.3 is 33.7 Å². The molecule has 0 unspecified atom stereocenters. The van der Waals surface area contributed by atoms with Crippen LogP contribution in [0.15, 0.2) is 204 Å². The third kappa shape index (κ3) is 9.27. The molecule has 0 aromatic heterocycles. The van der Waals surface area contributed by atoms with Crippen LogP contribution in [-0.4, -0.2) is 22.2 Å². The van der Waals surface area contributed by atoms with Crippen molar-refractivity contribution in [2.45, 2.75) is 62.2 Å². The fourth-order valence-electron chi connectivity index (χ4n) is 8.99. The average Bonchev–Trinajstić information content (AvgIpc) is 3.66. The van der Waals surface area contributed by atoms with E-state index in [0.29, 0.717) is 0 Å². The summed E-state index contributed by atoms with van der Waals surface area (Å²) in [5.41, 5.74) is 9.15. The molecule has 59 heavy (non-hydrogen) atoms. The predicted octanol–water partition coefficient (Wildman–Crippen LogP) is 9.16. The number of carboxylic acid groups (broad SMARTS) is 2. The van der Waals surface area contributed by atoms with Crippen molar-refractivity contribution in [1.82, 2.24) is 0 Å². The normalized spacial score (nSPS) is 14.2. The summed E-state index contributed by atoms with van der Waals surface area (Å²) >= 11 is 0. The third-order valence-corrected chi connectivity index (χ3v) is 11.6. The summed E-state index contributed by atoms with van der Waals surface area (Å²) in [6.45, 7) is 0. The topological polar surface area (TPSA) is 74.6 Å². The smallest absolute Gasteiger partial charge is 1.00 e. The number of rotatable bonds is 8. The van der Waals surface area contributed by atoms with E-state index < -0.39 is 22.8 Å². The predicted molar refractivity (Wildman–Crippen MR) is 229 cm³/mol. The molecule has 0 aliphatic heterocycles. The van der Waals surface area contributed by atoms with Crippen LogP contribution in [0.1, 0.15) is 84.7 Å². The molecule has 0 bridgehead atoms. The monoisotopic (exact) mass is 832 g/mol. The Morgan fingerprint density at radius 3 is 1.02 bits per heavy atom. The van der Waals surface area contributed by atoms with Gasteiger partial charge in [0.15, 0.2) is 0 Å². The standard InChI is InChI=1S/2C20H16O2.C13H17.ClH.Ti/c2*21-19(22)20(16-10-4-1-5-11-16,17-12-6-2-7-13-17)18-14-8-3-9-15-18;1-3-7-12-10(5-1)9-11-6-2-4-8-13(11)12;;/h2*1-15H,(H,21,22);5H,1-4,6-9H2;1H;/q;;-1;;+2/p-1. The largest absolute Gasteiger partial charge is 2.00 e. The van der Waals surface area contributed by atoms with Gasteiger partial charge in [-0.1, -0.05) is 207 Å². The number of hydrogen-bond donors (Lipinski definition) is 2. The molecule has 9 rings (SSSR count). The Bertz CT molecular complexity index is 1950.